The van der Waals surface area contributed by atoms with E-state index < -0.39 is 0 Å². The number of halogens is 1. The minimum absolute atomic E-state index is 0.660. The number of nitrogens with zero attached hydrogens (tertiary/aromatic N) is 3. The zero-order valence-corrected chi connectivity index (χ0v) is 8.66. The third kappa shape index (κ3) is 2.37. The lowest BCUT2D eigenvalue weighted by Crippen LogP contribution is -1.77. The Kier molecular flexibility index (Phi) is 2.86. The molecule has 2 aromatic heterocycles. The van der Waals surface area contributed by atoms with E-state index in [0.717, 1.165) is 5.01 Å². The number of pyridine rings is 1. The molecule has 0 atom stereocenters. The quantitative estimate of drug-likeness (QED) is 0.735. The van der Waals surface area contributed by atoms with Crippen molar-refractivity contribution in [1.29, 1.82) is 0 Å². The molecular formula is C9H6ClN3S. The number of hydrogen-bond donors (Lipinski definition) is 0. The Hall–Kier alpha value is -1.26. The van der Waals surface area contributed by atoms with Crippen LogP contribution in [-0.2, 0) is 0 Å². The molecule has 0 aliphatic heterocycles. The van der Waals surface area contributed by atoms with E-state index in [0.29, 0.717) is 10.2 Å². The second-order valence-electron chi connectivity index (χ2n) is 2.45. The van der Waals surface area contributed by atoms with Gasteiger partial charge < -0.3 is 0 Å². The first-order valence-corrected chi connectivity index (χ1v) is 5.10. The Morgan fingerprint density at radius 1 is 1.36 bits per heavy atom. The molecule has 0 fully saturated rings. The summed E-state index contributed by atoms with van der Waals surface area (Å²) < 4.78 is 0.660. The van der Waals surface area contributed by atoms with Crippen molar-refractivity contribution < 1.29 is 0 Å². The number of aliphatic imine (C=N–C) groups is 1. The fourth-order valence-electron chi connectivity index (χ4n) is 0.878. The van der Waals surface area contributed by atoms with Crippen LogP contribution in [0.3, 0.4) is 0 Å². The van der Waals surface area contributed by atoms with Crippen molar-refractivity contribution in [1.82, 2.24) is 9.97 Å². The fourth-order valence-corrected chi connectivity index (χ4v) is 1.68. The van der Waals surface area contributed by atoms with Crippen molar-refractivity contribution in [2.75, 3.05) is 0 Å². The molecule has 0 radical (unpaired) electrons. The third-order valence-corrected chi connectivity index (χ3v) is 2.50. The molecule has 2 rings (SSSR count). The van der Waals surface area contributed by atoms with Gasteiger partial charge in [0.1, 0.15) is 9.34 Å². The van der Waals surface area contributed by atoms with Gasteiger partial charge in [0.2, 0.25) is 0 Å². The van der Waals surface area contributed by atoms with Gasteiger partial charge in [0, 0.05) is 6.20 Å². The summed E-state index contributed by atoms with van der Waals surface area (Å²) in [4.78, 5) is 12.2. The zero-order chi connectivity index (χ0) is 9.80. The maximum absolute atomic E-state index is 5.72. The molecule has 0 saturated heterocycles. The molecule has 0 aliphatic rings. The monoisotopic (exact) mass is 223 g/mol. The average molecular weight is 224 g/mol. The van der Waals surface area contributed by atoms with Crippen LogP contribution in [0.1, 0.15) is 5.01 Å². The lowest BCUT2D eigenvalue weighted by atomic mass is 10.5. The fraction of sp³-hybridized carbons (Fsp3) is 0. The van der Waals surface area contributed by atoms with Gasteiger partial charge in [-0.2, -0.15) is 0 Å². The Morgan fingerprint density at radius 2 is 2.29 bits per heavy atom. The summed E-state index contributed by atoms with van der Waals surface area (Å²) in [5, 5.41) is 0.778. The molecule has 0 bridgehead atoms. The van der Waals surface area contributed by atoms with E-state index in [1.54, 1.807) is 18.6 Å². The number of thiazole rings is 1. The number of hydrogen-bond acceptors (Lipinski definition) is 4. The molecule has 14 heavy (non-hydrogen) atoms. The van der Waals surface area contributed by atoms with Gasteiger partial charge in [0.25, 0.3) is 0 Å². The molecule has 5 heteroatoms. The molecule has 0 spiro atoms. The molecule has 70 valence electrons. The van der Waals surface area contributed by atoms with Crippen LogP contribution in [-0.4, -0.2) is 16.2 Å². The van der Waals surface area contributed by atoms with E-state index in [4.69, 9.17) is 11.6 Å². The molecule has 3 nitrogen and oxygen atoms in total. The van der Waals surface area contributed by atoms with Crippen LogP contribution in [0.15, 0.2) is 35.6 Å². The summed E-state index contributed by atoms with van der Waals surface area (Å²) in [6.07, 6.45) is 4.95. The summed E-state index contributed by atoms with van der Waals surface area (Å²) in [5.74, 6) is 0.666. The highest BCUT2D eigenvalue weighted by Gasteiger charge is 1.95. The van der Waals surface area contributed by atoms with E-state index in [9.17, 15) is 0 Å². The topological polar surface area (TPSA) is 38.1 Å². The van der Waals surface area contributed by atoms with E-state index in [-0.39, 0.29) is 0 Å². The van der Waals surface area contributed by atoms with Crippen molar-refractivity contribution in [3.8, 4) is 0 Å². The first-order chi connectivity index (χ1) is 6.84. The van der Waals surface area contributed by atoms with Gasteiger partial charge in [-0.1, -0.05) is 17.7 Å². The van der Waals surface area contributed by atoms with Crippen LogP contribution < -0.4 is 0 Å². The van der Waals surface area contributed by atoms with Crippen molar-refractivity contribution >= 4 is 35.0 Å². The van der Waals surface area contributed by atoms with E-state index in [1.165, 1.54) is 11.3 Å². The maximum Gasteiger partial charge on any atom is 0.151 e. The maximum atomic E-state index is 5.72. The van der Waals surface area contributed by atoms with Gasteiger partial charge >= 0.3 is 0 Å². The highest BCUT2D eigenvalue weighted by molar-refractivity contribution is 7.17. The summed E-state index contributed by atoms with van der Waals surface area (Å²) in [6, 6.07) is 5.56. The van der Waals surface area contributed by atoms with Gasteiger partial charge in [-0.15, -0.1) is 11.3 Å². The molecule has 0 aromatic carbocycles. The van der Waals surface area contributed by atoms with Crippen molar-refractivity contribution in [2.45, 2.75) is 0 Å². The standard InChI is InChI=1S/C9H6ClN3S/c10-7-5-13-9(14-7)6-12-8-3-1-2-4-11-8/h1-6H. The van der Waals surface area contributed by atoms with Crippen LogP contribution in [0.2, 0.25) is 4.34 Å². The van der Waals surface area contributed by atoms with E-state index >= 15 is 0 Å². The lowest BCUT2D eigenvalue weighted by Gasteiger charge is -1.87. The molecule has 0 amide bonds. The second kappa shape index (κ2) is 4.30. The van der Waals surface area contributed by atoms with Crippen molar-refractivity contribution in [3.05, 3.63) is 39.9 Å². The molecule has 0 N–H and O–H groups in total. The first kappa shape index (κ1) is 9.30. The molecule has 0 unspecified atom stereocenters. The van der Waals surface area contributed by atoms with Crippen LogP contribution in [0.5, 0.6) is 0 Å². The molecule has 2 heterocycles. The summed E-state index contributed by atoms with van der Waals surface area (Å²) in [6.45, 7) is 0. The normalized spacial score (nSPS) is 10.9. The van der Waals surface area contributed by atoms with Gasteiger partial charge in [-0.05, 0) is 12.1 Å². The van der Waals surface area contributed by atoms with Gasteiger partial charge in [0.15, 0.2) is 5.82 Å². The Morgan fingerprint density at radius 3 is 2.93 bits per heavy atom. The summed E-state index contributed by atoms with van der Waals surface area (Å²) >= 11 is 7.11. The van der Waals surface area contributed by atoms with Crippen molar-refractivity contribution in [3.63, 3.8) is 0 Å². The molecule has 0 aliphatic carbocycles. The molecular weight excluding hydrogens is 218 g/mol. The van der Waals surface area contributed by atoms with Crippen LogP contribution in [0.4, 0.5) is 5.82 Å². The van der Waals surface area contributed by atoms with Gasteiger partial charge in [-0.3, -0.25) is 0 Å². The van der Waals surface area contributed by atoms with Crippen molar-refractivity contribution in [2.24, 2.45) is 4.99 Å². The molecule has 2 aromatic rings. The second-order valence-corrected chi connectivity index (χ2v) is 4.14. The van der Waals surface area contributed by atoms with E-state index in [2.05, 4.69) is 15.0 Å². The van der Waals surface area contributed by atoms with Gasteiger partial charge in [0.05, 0.1) is 12.4 Å². The van der Waals surface area contributed by atoms with Crippen LogP contribution >= 0.6 is 22.9 Å². The average Bonchev–Trinajstić information content (AvgIpc) is 2.63. The molecule has 0 saturated carbocycles. The highest BCUT2D eigenvalue weighted by atomic mass is 35.5. The summed E-state index contributed by atoms with van der Waals surface area (Å²) in [7, 11) is 0. The minimum Gasteiger partial charge on any atom is -0.242 e. The SMILES string of the molecule is Clc1cnc(C=Nc2ccccn2)s1. The Bertz CT molecular complexity index is 438. The number of rotatable bonds is 2. The third-order valence-electron chi connectivity index (χ3n) is 1.45. The van der Waals surface area contributed by atoms with Crippen LogP contribution in [0.25, 0.3) is 0 Å². The highest BCUT2D eigenvalue weighted by Crippen LogP contribution is 2.17. The first-order valence-electron chi connectivity index (χ1n) is 3.91. The smallest absolute Gasteiger partial charge is 0.151 e. The predicted molar refractivity (Wildman–Crippen MR) is 58.6 cm³/mol. The zero-order valence-electron chi connectivity index (χ0n) is 7.09. The van der Waals surface area contributed by atoms with Crippen LogP contribution in [0, 0.1) is 0 Å². The minimum atomic E-state index is 0.660. The van der Waals surface area contributed by atoms with Gasteiger partial charge in [-0.25, -0.2) is 15.0 Å². The van der Waals surface area contributed by atoms with E-state index in [1.807, 2.05) is 18.2 Å². The Labute approximate surface area is 90.1 Å². The largest absolute Gasteiger partial charge is 0.242 e. The lowest BCUT2D eigenvalue weighted by molar-refractivity contribution is 1.28. The Balaban J connectivity index is 2.15. The predicted octanol–water partition coefficient (Wildman–Crippen LogP) is 2.94. The number of aromatic nitrogens is 2. The summed E-state index contributed by atoms with van der Waals surface area (Å²) in [5.41, 5.74) is 0.